The van der Waals surface area contributed by atoms with Crippen molar-refractivity contribution in [2.45, 2.75) is 6.18 Å². The molecule has 2 N–H and O–H groups in total. The van der Waals surface area contributed by atoms with Gasteiger partial charge in [0.05, 0.1) is 5.56 Å². The van der Waals surface area contributed by atoms with Gasteiger partial charge in [0, 0.05) is 11.6 Å². The highest BCUT2D eigenvalue weighted by Crippen LogP contribution is 2.32. The molecule has 0 aliphatic rings. The van der Waals surface area contributed by atoms with Crippen LogP contribution < -0.4 is 0 Å². The molecule has 0 heterocycles. The van der Waals surface area contributed by atoms with Crippen molar-refractivity contribution < 1.29 is 28.2 Å². The van der Waals surface area contributed by atoms with Gasteiger partial charge in [-0.25, -0.2) is 4.79 Å². The molecule has 0 unspecified atom stereocenters. The largest absolute Gasteiger partial charge is 0.507 e. The fraction of sp³-hybridized carbons (Fsp3) is 0.100. The van der Waals surface area contributed by atoms with E-state index in [1.54, 1.807) is 0 Å². The fourth-order valence-electron chi connectivity index (χ4n) is 1.03. The van der Waals surface area contributed by atoms with Gasteiger partial charge in [-0.05, 0) is 24.3 Å². The van der Waals surface area contributed by atoms with Crippen LogP contribution in [0.5, 0.6) is 5.75 Å². The van der Waals surface area contributed by atoms with Crippen LogP contribution in [-0.2, 0) is 11.0 Å². The highest BCUT2D eigenvalue weighted by Gasteiger charge is 2.30. The van der Waals surface area contributed by atoms with E-state index in [-0.39, 0.29) is 5.56 Å². The van der Waals surface area contributed by atoms with Crippen molar-refractivity contribution in [2.75, 3.05) is 0 Å². The number of carbonyl (C=O) groups is 1. The molecule has 0 saturated carbocycles. The first-order valence-corrected chi connectivity index (χ1v) is 4.12. The third kappa shape index (κ3) is 3.01. The molecule has 16 heavy (non-hydrogen) atoms. The minimum Gasteiger partial charge on any atom is -0.507 e. The molecule has 0 aliphatic heterocycles. The minimum absolute atomic E-state index is 0.197. The van der Waals surface area contributed by atoms with Crippen molar-refractivity contribution in [3.8, 4) is 5.75 Å². The lowest BCUT2D eigenvalue weighted by Gasteiger charge is -2.08. The molecule has 86 valence electrons. The first kappa shape index (κ1) is 12.1. The highest BCUT2D eigenvalue weighted by atomic mass is 19.4. The van der Waals surface area contributed by atoms with E-state index in [1.165, 1.54) is 0 Å². The molecule has 0 atom stereocenters. The lowest BCUT2D eigenvalue weighted by atomic mass is 10.1. The molecule has 1 aromatic carbocycles. The molecule has 0 radical (unpaired) electrons. The number of aromatic hydroxyl groups is 1. The van der Waals surface area contributed by atoms with Crippen molar-refractivity contribution in [1.82, 2.24) is 0 Å². The van der Waals surface area contributed by atoms with Crippen LogP contribution >= 0.6 is 0 Å². The van der Waals surface area contributed by atoms with Crippen LogP contribution in [0.3, 0.4) is 0 Å². The van der Waals surface area contributed by atoms with Crippen LogP contribution in [0.4, 0.5) is 13.2 Å². The third-order valence-corrected chi connectivity index (χ3v) is 1.76. The lowest BCUT2D eigenvalue weighted by Crippen LogP contribution is -2.04. The van der Waals surface area contributed by atoms with E-state index in [2.05, 4.69) is 0 Å². The maximum atomic E-state index is 12.3. The predicted molar refractivity (Wildman–Crippen MR) is 49.8 cm³/mol. The zero-order valence-corrected chi connectivity index (χ0v) is 7.82. The Morgan fingerprint density at radius 3 is 2.44 bits per heavy atom. The first-order valence-electron chi connectivity index (χ1n) is 4.12. The number of hydrogen-bond donors (Lipinski definition) is 2. The molecule has 0 fully saturated rings. The van der Waals surface area contributed by atoms with Crippen molar-refractivity contribution in [1.29, 1.82) is 0 Å². The molecule has 0 aromatic heterocycles. The van der Waals surface area contributed by atoms with Gasteiger partial charge >= 0.3 is 12.1 Å². The van der Waals surface area contributed by atoms with Crippen molar-refractivity contribution in [2.24, 2.45) is 0 Å². The van der Waals surface area contributed by atoms with Crippen LogP contribution in [0.25, 0.3) is 6.08 Å². The summed E-state index contributed by atoms with van der Waals surface area (Å²) in [7, 11) is 0. The Balaban J connectivity index is 3.14. The smallest absolute Gasteiger partial charge is 0.416 e. The van der Waals surface area contributed by atoms with Crippen LogP contribution in [0, 0.1) is 0 Å². The third-order valence-electron chi connectivity index (χ3n) is 1.76. The number of phenols is 1. The highest BCUT2D eigenvalue weighted by molar-refractivity contribution is 5.85. The Hall–Kier alpha value is -1.98. The van der Waals surface area contributed by atoms with E-state index >= 15 is 0 Å². The van der Waals surface area contributed by atoms with E-state index in [0.29, 0.717) is 18.2 Å². The van der Waals surface area contributed by atoms with E-state index in [1.807, 2.05) is 0 Å². The van der Waals surface area contributed by atoms with Gasteiger partial charge in [-0.3, -0.25) is 0 Å². The summed E-state index contributed by atoms with van der Waals surface area (Å²) in [6, 6.07) is 2.26. The number of carboxylic acid groups (broad SMARTS) is 1. The van der Waals surface area contributed by atoms with Crippen LogP contribution in [0.1, 0.15) is 11.1 Å². The number of alkyl halides is 3. The second kappa shape index (κ2) is 4.26. The number of phenolic OH excluding ortho intramolecular Hbond substituents is 1. The molecular formula is C10H7F3O3. The van der Waals surface area contributed by atoms with E-state index in [0.717, 1.165) is 12.1 Å². The summed E-state index contributed by atoms with van der Waals surface area (Å²) in [6.07, 6.45) is -2.98. The van der Waals surface area contributed by atoms with Crippen LogP contribution in [-0.4, -0.2) is 16.2 Å². The molecule has 0 saturated heterocycles. The minimum atomic E-state index is -4.53. The predicted octanol–water partition coefficient (Wildman–Crippen LogP) is 2.51. The zero-order valence-electron chi connectivity index (χ0n) is 7.82. The Labute approximate surface area is 88.4 Å². The summed E-state index contributed by atoms with van der Waals surface area (Å²) in [5.74, 6) is -1.72. The lowest BCUT2D eigenvalue weighted by molar-refractivity contribution is -0.137. The monoisotopic (exact) mass is 232 g/mol. The topological polar surface area (TPSA) is 57.5 Å². The molecule has 0 amide bonds. The normalized spacial score (nSPS) is 11.9. The summed E-state index contributed by atoms with van der Waals surface area (Å²) < 4.78 is 36.8. The molecular weight excluding hydrogens is 225 g/mol. The average molecular weight is 232 g/mol. The van der Waals surface area contributed by atoms with Crippen molar-refractivity contribution in [3.63, 3.8) is 0 Å². The summed E-state index contributed by atoms with van der Waals surface area (Å²) in [6.45, 7) is 0. The molecule has 1 rings (SSSR count). The van der Waals surface area contributed by atoms with Crippen LogP contribution in [0.2, 0.25) is 0 Å². The van der Waals surface area contributed by atoms with Gasteiger partial charge in [0.1, 0.15) is 5.75 Å². The maximum absolute atomic E-state index is 12.3. The quantitative estimate of drug-likeness (QED) is 0.770. The zero-order chi connectivity index (χ0) is 12.3. The number of hydrogen-bond acceptors (Lipinski definition) is 2. The van der Waals surface area contributed by atoms with E-state index in [4.69, 9.17) is 5.11 Å². The van der Waals surface area contributed by atoms with Gasteiger partial charge < -0.3 is 10.2 Å². The number of aliphatic carboxylic acids is 1. The second-order valence-electron chi connectivity index (χ2n) is 2.94. The summed E-state index contributed by atoms with van der Waals surface area (Å²) >= 11 is 0. The van der Waals surface area contributed by atoms with Gasteiger partial charge in [-0.15, -0.1) is 0 Å². The van der Waals surface area contributed by atoms with E-state index in [9.17, 15) is 23.1 Å². The van der Waals surface area contributed by atoms with Crippen molar-refractivity contribution >= 4 is 12.0 Å². The molecule has 0 spiro atoms. The van der Waals surface area contributed by atoms with Gasteiger partial charge in [0.2, 0.25) is 0 Å². The standard InChI is InChI=1S/C10H7F3O3/c11-10(12,13)7-2-3-8(14)6(5-7)1-4-9(15)16/h1-5,14H,(H,15,16)/b4-1+. The Morgan fingerprint density at radius 2 is 1.94 bits per heavy atom. The molecule has 3 nitrogen and oxygen atoms in total. The number of halogens is 3. The second-order valence-corrected chi connectivity index (χ2v) is 2.94. The SMILES string of the molecule is O=C(O)/C=C/c1cc(C(F)(F)F)ccc1O. The van der Waals surface area contributed by atoms with Gasteiger partial charge in [0.25, 0.3) is 0 Å². The summed E-state index contributed by atoms with van der Waals surface area (Å²) in [5, 5.41) is 17.5. The van der Waals surface area contributed by atoms with Crippen LogP contribution in [0.15, 0.2) is 24.3 Å². The summed E-state index contributed by atoms with van der Waals surface area (Å²) in [4.78, 5) is 10.2. The fourth-order valence-corrected chi connectivity index (χ4v) is 1.03. The van der Waals surface area contributed by atoms with Gasteiger partial charge in [-0.1, -0.05) is 0 Å². The van der Waals surface area contributed by atoms with Gasteiger partial charge in [0.15, 0.2) is 0 Å². The summed E-state index contributed by atoms with van der Waals surface area (Å²) in [5.41, 5.74) is -1.15. The number of benzene rings is 1. The Morgan fingerprint density at radius 1 is 1.31 bits per heavy atom. The average Bonchev–Trinajstić information content (AvgIpc) is 2.14. The molecule has 0 aliphatic carbocycles. The van der Waals surface area contributed by atoms with Crippen molar-refractivity contribution in [3.05, 3.63) is 35.4 Å². The maximum Gasteiger partial charge on any atom is 0.416 e. The number of rotatable bonds is 2. The molecule has 1 aromatic rings. The van der Waals surface area contributed by atoms with E-state index < -0.39 is 23.5 Å². The Kier molecular flexibility index (Phi) is 3.22. The molecule has 0 bridgehead atoms. The van der Waals surface area contributed by atoms with Gasteiger partial charge in [-0.2, -0.15) is 13.2 Å². The Bertz CT molecular complexity index is 435. The number of carboxylic acids is 1. The molecule has 6 heteroatoms. The first-order chi connectivity index (χ1) is 7.30.